The summed E-state index contributed by atoms with van der Waals surface area (Å²) >= 11 is 0. The van der Waals surface area contributed by atoms with Gasteiger partial charge < -0.3 is 5.73 Å². The van der Waals surface area contributed by atoms with Crippen LogP contribution in [0, 0.1) is 0 Å². The molecule has 0 amide bonds. The summed E-state index contributed by atoms with van der Waals surface area (Å²) in [5.41, 5.74) is 9.88. The van der Waals surface area contributed by atoms with Crippen molar-refractivity contribution in [1.82, 2.24) is 0 Å². The van der Waals surface area contributed by atoms with Crippen LogP contribution in [0.1, 0.15) is 25.0 Å². The van der Waals surface area contributed by atoms with Crippen LogP contribution in [0.15, 0.2) is 72.3 Å². The van der Waals surface area contributed by atoms with Crippen LogP contribution in [0.25, 0.3) is 0 Å². The summed E-state index contributed by atoms with van der Waals surface area (Å²) in [7, 11) is 0. The standard InChI is InChI=1S/C18H21N/c1-15(2)13-18(19,17-11-7-4-8-12-17)14-16-9-5-3-6-10-16/h3-13H,14,19H2,1-2H3. The van der Waals surface area contributed by atoms with Gasteiger partial charge in [0.2, 0.25) is 0 Å². The Morgan fingerprint density at radius 1 is 0.947 bits per heavy atom. The largest absolute Gasteiger partial charge is 0.318 e. The third kappa shape index (κ3) is 3.55. The van der Waals surface area contributed by atoms with E-state index in [0.29, 0.717) is 0 Å². The molecule has 2 aromatic rings. The molecule has 1 atom stereocenters. The third-order valence-electron chi connectivity index (χ3n) is 3.20. The van der Waals surface area contributed by atoms with Gasteiger partial charge in [-0.15, -0.1) is 0 Å². The van der Waals surface area contributed by atoms with Crippen LogP contribution >= 0.6 is 0 Å². The zero-order valence-corrected chi connectivity index (χ0v) is 11.6. The minimum Gasteiger partial charge on any atom is -0.318 e. The fourth-order valence-corrected chi connectivity index (χ4v) is 2.43. The van der Waals surface area contributed by atoms with Crippen molar-refractivity contribution in [1.29, 1.82) is 0 Å². The molecule has 0 saturated carbocycles. The van der Waals surface area contributed by atoms with Crippen LogP contribution in [0.3, 0.4) is 0 Å². The van der Waals surface area contributed by atoms with Gasteiger partial charge in [0, 0.05) is 0 Å². The minimum atomic E-state index is -0.443. The van der Waals surface area contributed by atoms with Crippen LogP contribution in [-0.2, 0) is 12.0 Å². The Labute approximate surface area is 115 Å². The maximum Gasteiger partial charge on any atom is 0.0638 e. The lowest BCUT2D eigenvalue weighted by Gasteiger charge is -2.27. The first-order valence-electron chi connectivity index (χ1n) is 6.64. The van der Waals surface area contributed by atoms with Crippen LogP contribution in [0.4, 0.5) is 0 Å². The average molecular weight is 251 g/mol. The molecule has 98 valence electrons. The maximum absolute atomic E-state index is 6.68. The molecule has 1 heteroatoms. The van der Waals surface area contributed by atoms with E-state index >= 15 is 0 Å². The van der Waals surface area contributed by atoms with E-state index in [9.17, 15) is 0 Å². The lowest BCUT2D eigenvalue weighted by atomic mass is 9.83. The fourth-order valence-electron chi connectivity index (χ4n) is 2.43. The van der Waals surface area contributed by atoms with Crippen LogP contribution < -0.4 is 5.73 Å². The quantitative estimate of drug-likeness (QED) is 0.815. The van der Waals surface area contributed by atoms with Crippen molar-refractivity contribution in [3.05, 3.63) is 83.4 Å². The molecule has 0 fully saturated rings. The third-order valence-corrected chi connectivity index (χ3v) is 3.20. The van der Waals surface area contributed by atoms with E-state index in [1.54, 1.807) is 0 Å². The van der Waals surface area contributed by atoms with Gasteiger partial charge in [-0.25, -0.2) is 0 Å². The second-order valence-electron chi connectivity index (χ2n) is 5.29. The highest BCUT2D eigenvalue weighted by Crippen LogP contribution is 2.26. The predicted molar refractivity (Wildman–Crippen MR) is 81.9 cm³/mol. The van der Waals surface area contributed by atoms with Crippen molar-refractivity contribution >= 4 is 0 Å². The fraction of sp³-hybridized carbons (Fsp3) is 0.222. The molecular formula is C18H21N. The summed E-state index contributed by atoms with van der Waals surface area (Å²) < 4.78 is 0. The van der Waals surface area contributed by atoms with E-state index in [4.69, 9.17) is 5.73 Å². The van der Waals surface area contributed by atoms with E-state index in [1.165, 1.54) is 11.1 Å². The van der Waals surface area contributed by atoms with Gasteiger partial charge in [-0.3, -0.25) is 0 Å². The zero-order chi connectivity index (χ0) is 13.7. The van der Waals surface area contributed by atoms with Gasteiger partial charge in [-0.2, -0.15) is 0 Å². The molecule has 2 N–H and O–H groups in total. The van der Waals surface area contributed by atoms with Crippen molar-refractivity contribution in [2.24, 2.45) is 5.73 Å². The molecule has 1 unspecified atom stereocenters. The average Bonchev–Trinajstić information content (AvgIpc) is 2.40. The Morgan fingerprint density at radius 3 is 2.00 bits per heavy atom. The van der Waals surface area contributed by atoms with E-state index in [-0.39, 0.29) is 0 Å². The molecule has 2 rings (SSSR count). The lowest BCUT2D eigenvalue weighted by molar-refractivity contribution is 0.554. The van der Waals surface area contributed by atoms with Gasteiger partial charge in [0.1, 0.15) is 0 Å². The summed E-state index contributed by atoms with van der Waals surface area (Å²) in [4.78, 5) is 0. The van der Waals surface area contributed by atoms with E-state index in [2.05, 4.69) is 56.3 Å². The number of nitrogens with two attached hydrogens (primary N) is 1. The van der Waals surface area contributed by atoms with Crippen LogP contribution in [0.2, 0.25) is 0 Å². The second kappa shape index (κ2) is 5.85. The van der Waals surface area contributed by atoms with Gasteiger partial charge in [-0.1, -0.05) is 72.3 Å². The van der Waals surface area contributed by atoms with E-state index in [0.717, 1.165) is 12.0 Å². The Morgan fingerprint density at radius 2 is 1.47 bits per heavy atom. The number of hydrogen-bond acceptors (Lipinski definition) is 1. The first-order chi connectivity index (χ1) is 9.10. The zero-order valence-electron chi connectivity index (χ0n) is 11.6. The first kappa shape index (κ1) is 13.6. The minimum absolute atomic E-state index is 0.443. The number of rotatable bonds is 4. The monoisotopic (exact) mass is 251 g/mol. The molecule has 0 aromatic heterocycles. The Bertz CT molecular complexity index is 538. The number of allylic oxidation sites excluding steroid dienone is 1. The second-order valence-corrected chi connectivity index (χ2v) is 5.29. The topological polar surface area (TPSA) is 26.0 Å². The molecule has 19 heavy (non-hydrogen) atoms. The number of hydrogen-bond donors (Lipinski definition) is 1. The molecule has 0 heterocycles. The summed E-state index contributed by atoms with van der Waals surface area (Å²) in [6.45, 7) is 4.19. The van der Waals surface area contributed by atoms with Gasteiger partial charge in [-0.05, 0) is 31.4 Å². The maximum atomic E-state index is 6.68. The highest BCUT2D eigenvalue weighted by molar-refractivity contribution is 5.34. The molecule has 0 spiro atoms. The van der Waals surface area contributed by atoms with Gasteiger partial charge >= 0.3 is 0 Å². The molecule has 0 saturated heterocycles. The van der Waals surface area contributed by atoms with Crippen LogP contribution in [-0.4, -0.2) is 0 Å². The molecule has 2 aromatic carbocycles. The molecular weight excluding hydrogens is 230 g/mol. The predicted octanol–water partition coefficient (Wildman–Crippen LogP) is 4.05. The van der Waals surface area contributed by atoms with Crippen molar-refractivity contribution in [2.75, 3.05) is 0 Å². The molecule has 0 aliphatic rings. The first-order valence-corrected chi connectivity index (χ1v) is 6.64. The van der Waals surface area contributed by atoms with Crippen molar-refractivity contribution in [3.8, 4) is 0 Å². The van der Waals surface area contributed by atoms with Gasteiger partial charge in [0.15, 0.2) is 0 Å². The summed E-state index contributed by atoms with van der Waals surface area (Å²) in [5, 5.41) is 0. The molecule has 0 aliphatic carbocycles. The Hall–Kier alpha value is -1.86. The summed E-state index contributed by atoms with van der Waals surface area (Å²) in [6.07, 6.45) is 2.97. The van der Waals surface area contributed by atoms with Crippen molar-refractivity contribution in [2.45, 2.75) is 25.8 Å². The molecule has 1 nitrogen and oxygen atoms in total. The van der Waals surface area contributed by atoms with Crippen molar-refractivity contribution in [3.63, 3.8) is 0 Å². The normalized spacial score (nSPS) is 13.6. The Balaban J connectivity index is 2.39. The summed E-state index contributed by atoms with van der Waals surface area (Å²) in [5.74, 6) is 0. The highest BCUT2D eigenvalue weighted by Gasteiger charge is 2.24. The van der Waals surface area contributed by atoms with E-state index in [1.807, 2.05) is 24.3 Å². The van der Waals surface area contributed by atoms with Crippen LogP contribution in [0.5, 0.6) is 0 Å². The van der Waals surface area contributed by atoms with E-state index < -0.39 is 5.54 Å². The SMILES string of the molecule is CC(C)=CC(N)(Cc1ccccc1)c1ccccc1. The van der Waals surface area contributed by atoms with Gasteiger partial charge in [0.05, 0.1) is 5.54 Å². The van der Waals surface area contributed by atoms with Crippen molar-refractivity contribution < 1.29 is 0 Å². The molecule has 0 bridgehead atoms. The lowest BCUT2D eigenvalue weighted by Crippen LogP contribution is -2.37. The molecule has 0 radical (unpaired) electrons. The van der Waals surface area contributed by atoms with Gasteiger partial charge in [0.25, 0.3) is 0 Å². The number of benzene rings is 2. The summed E-state index contributed by atoms with van der Waals surface area (Å²) in [6, 6.07) is 20.7. The highest BCUT2D eigenvalue weighted by atomic mass is 14.7. The smallest absolute Gasteiger partial charge is 0.0638 e. The Kier molecular flexibility index (Phi) is 4.18. The molecule has 0 aliphatic heterocycles.